The van der Waals surface area contributed by atoms with E-state index in [4.69, 9.17) is 21.1 Å². The molecule has 194 valence electrons. The third kappa shape index (κ3) is 7.68. The average molecular weight is 526 g/mol. The summed E-state index contributed by atoms with van der Waals surface area (Å²) in [4.78, 5) is 38.7. The van der Waals surface area contributed by atoms with Crippen LogP contribution in [0.2, 0.25) is 5.02 Å². The Morgan fingerprint density at radius 1 is 1.05 bits per heavy atom. The second-order valence-corrected chi connectivity index (χ2v) is 8.57. The van der Waals surface area contributed by atoms with Gasteiger partial charge in [0.2, 0.25) is 11.7 Å². The molecule has 3 aromatic carbocycles. The van der Waals surface area contributed by atoms with E-state index < -0.39 is 23.5 Å². The van der Waals surface area contributed by atoms with Gasteiger partial charge in [-0.25, -0.2) is 0 Å². The molecule has 0 fully saturated rings. The van der Waals surface area contributed by atoms with Crippen LogP contribution >= 0.6 is 11.6 Å². The number of rotatable bonds is 12. The quantitative estimate of drug-likeness (QED) is 0.277. The van der Waals surface area contributed by atoms with Crippen LogP contribution in [0.3, 0.4) is 0 Å². The predicted octanol–water partition coefficient (Wildman–Crippen LogP) is 4.41. The van der Waals surface area contributed by atoms with Crippen LogP contribution in [0.25, 0.3) is 0 Å². The van der Waals surface area contributed by atoms with Crippen LogP contribution in [0.15, 0.2) is 72.8 Å². The molecule has 1 atom stereocenters. The number of nitro benzene ring substituents is 1. The van der Waals surface area contributed by atoms with E-state index in [2.05, 4.69) is 5.32 Å². The van der Waals surface area contributed by atoms with Crippen molar-refractivity contribution in [3.63, 3.8) is 0 Å². The smallest absolute Gasteiger partial charge is 0.311 e. The van der Waals surface area contributed by atoms with Gasteiger partial charge in [0.15, 0.2) is 6.61 Å². The van der Waals surface area contributed by atoms with Gasteiger partial charge in [-0.05, 0) is 36.2 Å². The molecular formula is C27H28ClN3O6. The van der Waals surface area contributed by atoms with Gasteiger partial charge >= 0.3 is 5.69 Å². The molecule has 0 heterocycles. The minimum Gasteiger partial charge on any atom is -0.490 e. The monoisotopic (exact) mass is 525 g/mol. The summed E-state index contributed by atoms with van der Waals surface area (Å²) in [5.74, 6) is -0.505. The maximum atomic E-state index is 13.5. The van der Waals surface area contributed by atoms with Gasteiger partial charge in [0.1, 0.15) is 11.8 Å². The highest BCUT2D eigenvalue weighted by atomic mass is 35.5. The fourth-order valence-electron chi connectivity index (χ4n) is 3.80. The number of ether oxygens (including phenoxy) is 2. The Hall–Kier alpha value is -4.11. The van der Waals surface area contributed by atoms with E-state index in [0.29, 0.717) is 18.0 Å². The summed E-state index contributed by atoms with van der Waals surface area (Å²) in [6.45, 7) is 1.95. The molecule has 10 heteroatoms. The Labute approximate surface area is 220 Å². The Kier molecular flexibility index (Phi) is 9.85. The number of nitro groups is 1. The van der Waals surface area contributed by atoms with Gasteiger partial charge < -0.3 is 19.7 Å². The number of nitrogens with one attached hydrogen (secondary N) is 1. The highest BCUT2D eigenvalue weighted by molar-refractivity contribution is 6.30. The Balaban J connectivity index is 1.89. The third-order valence-electron chi connectivity index (χ3n) is 5.57. The first-order valence-electron chi connectivity index (χ1n) is 11.6. The maximum Gasteiger partial charge on any atom is 0.311 e. The Bertz CT molecular complexity index is 1240. The standard InChI is InChI=1S/C27H28ClN3O6/c1-3-29-27(33)24(15-19-8-5-4-6-9-19)30(17-20-10-7-11-21(28)14-20)26(32)18-37-22-12-13-23(31(34)35)25(16-22)36-2/h4-14,16,24H,3,15,17-18H2,1-2H3,(H,29,33)/t24-/m1/s1. The number of halogens is 1. The molecule has 0 radical (unpaired) electrons. The normalized spacial score (nSPS) is 11.3. The van der Waals surface area contributed by atoms with Gasteiger partial charge in [-0.1, -0.05) is 54.1 Å². The van der Waals surface area contributed by atoms with Crippen molar-refractivity contribution in [3.8, 4) is 11.5 Å². The number of carbonyl (C=O) groups is 2. The van der Waals surface area contributed by atoms with Crippen molar-refractivity contribution in [2.45, 2.75) is 25.9 Å². The van der Waals surface area contributed by atoms with E-state index in [1.807, 2.05) is 43.3 Å². The van der Waals surface area contributed by atoms with E-state index in [1.165, 1.54) is 30.2 Å². The van der Waals surface area contributed by atoms with Crippen molar-refractivity contribution in [1.29, 1.82) is 0 Å². The molecule has 0 saturated carbocycles. The summed E-state index contributed by atoms with van der Waals surface area (Å²) in [5.41, 5.74) is 1.42. The Morgan fingerprint density at radius 3 is 2.43 bits per heavy atom. The number of amides is 2. The zero-order chi connectivity index (χ0) is 26.8. The molecule has 0 spiro atoms. The molecular weight excluding hydrogens is 498 g/mol. The van der Waals surface area contributed by atoms with Crippen LogP contribution in [0, 0.1) is 10.1 Å². The second-order valence-electron chi connectivity index (χ2n) is 8.13. The van der Waals surface area contributed by atoms with Crippen molar-refractivity contribution in [3.05, 3.63) is 99.1 Å². The van der Waals surface area contributed by atoms with Gasteiger partial charge in [0, 0.05) is 36.7 Å². The molecule has 0 aliphatic carbocycles. The fourth-order valence-corrected chi connectivity index (χ4v) is 4.02. The topological polar surface area (TPSA) is 111 Å². The molecule has 3 aromatic rings. The summed E-state index contributed by atoms with van der Waals surface area (Å²) in [7, 11) is 1.31. The number of benzene rings is 3. The first-order valence-corrected chi connectivity index (χ1v) is 12.0. The number of carbonyl (C=O) groups excluding carboxylic acids is 2. The summed E-state index contributed by atoms with van der Waals surface area (Å²) in [6.07, 6.45) is 0.296. The van der Waals surface area contributed by atoms with Crippen LogP contribution in [-0.2, 0) is 22.6 Å². The van der Waals surface area contributed by atoms with Gasteiger partial charge in [-0.15, -0.1) is 0 Å². The summed E-state index contributed by atoms with van der Waals surface area (Å²) in [6, 6.07) is 19.7. The zero-order valence-electron chi connectivity index (χ0n) is 20.6. The zero-order valence-corrected chi connectivity index (χ0v) is 21.3. The first kappa shape index (κ1) is 27.5. The lowest BCUT2D eigenvalue weighted by Crippen LogP contribution is -2.51. The molecule has 3 rings (SSSR count). The lowest BCUT2D eigenvalue weighted by Gasteiger charge is -2.31. The highest BCUT2D eigenvalue weighted by Gasteiger charge is 2.30. The molecule has 0 saturated heterocycles. The number of hydrogen-bond donors (Lipinski definition) is 1. The van der Waals surface area contributed by atoms with Crippen molar-refractivity contribution >= 4 is 29.1 Å². The lowest BCUT2D eigenvalue weighted by atomic mass is 10.0. The molecule has 0 aliphatic heterocycles. The molecule has 0 unspecified atom stereocenters. The van der Waals surface area contributed by atoms with E-state index in [-0.39, 0.29) is 29.6 Å². The van der Waals surface area contributed by atoms with E-state index in [1.54, 1.807) is 18.2 Å². The fraction of sp³-hybridized carbons (Fsp3) is 0.259. The third-order valence-corrected chi connectivity index (χ3v) is 5.81. The second kappa shape index (κ2) is 13.3. The van der Waals surface area contributed by atoms with Crippen molar-refractivity contribution in [2.75, 3.05) is 20.3 Å². The summed E-state index contributed by atoms with van der Waals surface area (Å²) in [5, 5.41) is 14.5. The molecule has 1 N–H and O–H groups in total. The van der Waals surface area contributed by atoms with E-state index in [9.17, 15) is 19.7 Å². The van der Waals surface area contributed by atoms with Gasteiger partial charge in [0.25, 0.3) is 5.91 Å². The average Bonchev–Trinajstić information content (AvgIpc) is 2.89. The maximum absolute atomic E-state index is 13.5. The van der Waals surface area contributed by atoms with Crippen LogP contribution in [0.5, 0.6) is 11.5 Å². The highest BCUT2D eigenvalue weighted by Crippen LogP contribution is 2.31. The minimum absolute atomic E-state index is 0.00927. The molecule has 37 heavy (non-hydrogen) atoms. The van der Waals surface area contributed by atoms with Crippen LogP contribution in [-0.4, -0.2) is 47.9 Å². The van der Waals surface area contributed by atoms with Crippen molar-refractivity contribution in [2.24, 2.45) is 0 Å². The number of nitrogens with zero attached hydrogens (tertiary/aromatic N) is 2. The minimum atomic E-state index is -0.816. The van der Waals surface area contributed by atoms with Crippen molar-refractivity contribution in [1.82, 2.24) is 10.2 Å². The van der Waals surface area contributed by atoms with Crippen LogP contribution in [0.1, 0.15) is 18.1 Å². The van der Waals surface area contributed by atoms with Gasteiger partial charge in [-0.2, -0.15) is 0 Å². The number of methoxy groups -OCH3 is 1. The molecule has 2 amide bonds. The molecule has 9 nitrogen and oxygen atoms in total. The van der Waals surface area contributed by atoms with E-state index >= 15 is 0 Å². The number of hydrogen-bond acceptors (Lipinski definition) is 6. The first-order chi connectivity index (χ1) is 17.8. The van der Waals surface area contributed by atoms with Crippen LogP contribution in [0.4, 0.5) is 5.69 Å². The van der Waals surface area contributed by atoms with Crippen LogP contribution < -0.4 is 14.8 Å². The van der Waals surface area contributed by atoms with E-state index in [0.717, 1.165) is 11.1 Å². The molecule has 0 bridgehead atoms. The molecule has 0 aliphatic rings. The summed E-state index contributed by atoms with van der Waals surface area (Å²) >= 11 is 6.17. The largest absolute Gasteiger partial charge is 0.490 e. The lowest BCUT2D eigenvalue weighted by molar-refractivity contribution is -0.385. The van der Waals surface area contributed by atoms with Gasteiger partial charge in [-0.3, -0.25) is 19.7 Å². The number of likely N-dealkylation sites (N-methyl/N-ethyl adjacent to an activating group) is 1. The predicted molar refractivity (Wildman–Crippen MR) is 140 cm³/mol. The summed E-state index contributed by atoms with van der Waals surface area (Å²) < 4.78 is 10.7. The molecule has 0 aromatic heterocycles. The SMILES string of the molecule is CCNC(=O)[C@@H](Cc1ccccc1)N(Cc1cccc(Cl)c1)C(=O)COc1ccc([N+](=O)[O-])c(OC)c1. The van der Waals surface area contributed by atoms with Crippen molar-refractivity contribution < 1.29 is 24.0 Å². The Morgan fingerprint density at radius 2 is 1.78 bits per heavy atom. The van der Waals surface area contributed by atoms with Gasteiger partial charge in [0.05, 0.1) is 12.0 Å².